The Hall–Kier alpha value is -2.70. The van der Waals surface area contributed by atoms with Crippen LogP contribution in [-0.4, -0.2) is 42.6 Å². The summed E-state index contributed by atoms with van der Waals surface area (Å²) < 4.78 is 4.92. The Labute approximate surface area is 152 Å². The van der Waals surface area contributed by atoms with Gasteiger partial charge in [0.05, 0.1) is 24.8 Å². The first kappa shape index (κ1) is 19.6. The highest BCUT2D eigenvalue weighted by Crippen LogP contribution is 2.21. The summed E-state index contributed by atoms with van der Waals surface area (Å²) in [6.45, 7) is 3.72. The molecule has 1 aromatic rings. The molecule has 140 valence electrons. The lowest BCUT2D eigenvalue weighted by atomic mass is 9.97. The molecule has 26 heavy (non-hydrogen) atoms. The van der Waals surface area contributed by atoms with Crippen molar-refractivity contribution in [1.82, 2.24) is 5.32 Å². The number of nitrogens with one attached hydrogen (secondary N) is 1. The van der Waals surface area contributed by atoms with E-state index in [2.05, 4.69) is 10.5 Å². The highest BCUT2D eigenvalue weighted by atomic mass is 16.7. The van der Waals surface area contributed by atoms with Crippen LogP contribution in [0.15, 0.2) is 35.5 Å². The van der Waals surface area contributed by atoms with Gasteiger partial charge in [0.2, 0.25) is 12.0 Å². The van der Waals surface area contributed by atoms with Crippen molar-refractivity contribution in [2.45, 2.75) is 45.3 Å². The van der Waals surface area contributed by atoms with Crippen LogP contribution in [0.3, 0.4) is 0 Å². The summed E-state index contributed by atoms with van der Waals surface area (Å²) >= 11 is 0. The number of carbonyl (C=O) groups excluding carboxylic acids is 3. The van der Waals surface area contributed by atoms with Crippen LogP contribution in [0.25, 0.3) is 0 Å². The smallest absolute Gasteiger partial charge is 0.350 e. The van der Waals surface area contributed by atoms with Crippen molar-refractivity contribution in [2.24, 2.45) is 11.1 Å². The van der Waals surface area contributed by atoms with Crippen LogP contribution in [0.5, 0.6) is 0 Å². The molecule has 1 aliphatic rings. The predicted molar refractivity (Wildman–Crippen MR) is 95.5 cm³/mol. The molecule has 1 N–H and O–H groups in total. The Morgan fingerprint density at radius 3 is 2.73 bits per heavy atom. The molecule has 0 saturated carbocycles. The van der Waals surface area contributed by atoms with E-state index in [0.29, 0.717) is 18.6 Å². The molecule has 0 spiro atoms. The summed E-state index contributed by atoms with van der Waals surface area (Å²) in [5.41, 5.74) is 1.57. The van der Waals surface area contributed by atoms with Crippen molar-refractivity contribution in [3.8, 4) is 0 Å². The zero-order chi connectivity index (χ0) is 18.9. The minimum Gasteiger partial charge on any atom is -0.463 e. The number of amides is 1. The molecule has 7 heteroatoms. The fourth-order valence-electron chi connectivity index (χ4n) is 2.70. The van der Waals surface area contributed by atoms with Crippen LogP contribution in [0, 0.1) is 5.92 Å². The third-order valence-electron chi connectivity index (χ3n) is 4.22. The summed E-state index contributed by atoms with van der Waals surface area (Å²) in [6, 6.07) is 9.18. The van der Waals surface area contributed by atoms with Gasteiger partial charge >= 0.3 is 5.97 Å². The fraction of sp³-hybridized carbons (Fsp3) is 0.474. The number of oxime groups is 1. The molecule has 7 nitrogen and oxygen atoms in total. The lowest BCUT2D eigenvalue weighted by Crippen LogP contribution is -2.38. The van der Waals surface area contributed by atoms with E-state index < -0.39 is 18.1 Å². The zero-order valence-corrected chi connectivity index (χ0v) is 15.0. The molecule has 0 aliphatic carbocycles. The van der Waals surface area contributed by atoms with E-state index in [0.717, 1.165) is 11.8 Å². The Bertz CT molecular complexity index is 659. The van der Waals surface area contributed by atoms with Crippen LogP contribution in [0.2, 0.25) is 0 Å². The molecule has 0 aromatic heterocycles. The minimum absolute atomic E-state index is 0.0211. The van der Waals surface area contributed by atoms with Crippen LogP contribution in [0.1, 0.15) is 32.3 Å². The monoisotopic (exact) mass is 360 g/mol. The van der Waals surface area contributed by atoms with E-state index in [1.807, 2.05) is 30.3 Å². The van der Waals surface area contributed by atoms with Crippen molar-refractivity contribution in [1.29, 1.82) is 0 Å². The van der Waals surface area contributed by atoms with E-state index in [1.165, 1.54) is 0 Å². The quantitative estimate of drug-likeness (QED) is 0.534. The van der Waals surface area contributed by atoms with E-state index in [9.17, 15) is 14.4 Å². The maximum Gasteiger partial charge on any atom is 0.350 e. The fourth-order valence-corrected chi connectivity index (χ4v) is 2.70. The van der Waals surface area contributed by atoms with Gasteiger partial charge < -0.3 is 19.7 Å². The molecule has 0 saturated heterocycles. The van der Waals surface area contributed by atoms with Gasteiger partial charge in [-0.15, -0.1) is 0 Å². The minimum atomic E-state index is -0.822. The Morgan fingerprint density at radius 2 is 2.08 bits per heavy atom. The third-order valence-corrected chi connectivity index (χ3v) is 4.22. The standard InChI is InChI=1S/C19H24N2O5/c1-3-25-19(24)18-13(2)16(21-26-18)11-17(23)20-15(12-22)10-9-14-7-5-4-6-8-14/h4-8,12-13,15,18H,3,9-11H2,1-2H3,(H,20,23)/t13?,15-,18?/m0/s1. The number of carbonyl (C=O) groups is 3. The van der Waals surface area contributed by atoms with Gasteiger partial charge in [0.25, 0.3) is 0 Å². The summed E-state index contributed by atoms with van der Waals surface area (Å²) in [7, 11) is 0. The van der Waals surface area contributed by atoms with Crippen molar-refractivity contribution < 1.29 is 24.0 Å². The van der Waals surface area contributed by atoms with E-state index in [-0.39, 0.29) is 24.9 Å². The Kier molecular flexibility index (Phi) is 7.32. The summed E-state index contributed by atoms with van der Waals surface area (Å²) in [4.78, 5) is 40.3. The molecular formula is C19H24N2O5. The molecule has 1 heterocycles. The topological polar surface area (TPSA) is 94.1 Å². The number of hydrogen-bond donors (Lipinski definition) is 1. The van der Waals surface area contributed by atoms with Gasteiger partial charge in [0.1, 0.15) is 6.29 Å². The number of hydrogen-bond acceptors (Lipinski definition) is 6. The number of ether oxygens (including phenoxy) is 1. The first-order valence-corrected chi connectivity index (χ1v) is 8.73. The maximum absolute atomic E-state index is 12.2. The van der Waals surface area contributed by atoms with Gasteiger partial charge in [0.15, 0.2) is 0 Å². The summed E-state index contributed by atoms with van der Waals surface area (Å²) in [5.74, 6) is -1.17. The Morgan fingerprint density at radius 1 is 1.35 bits per heavy atom. The van der Waals surface area contributed by atoms with Gasteiger partial charge in [0, 0.05) is 5.92 Å². The molecule has 1 aromatic carbocycles. The number of benzene rings is 1. The average Bonchev–Trinajstić information content (AvgIpc) is 3.00. The number of esters is 1. The second kappa shape index (κ2) is 9.70. The van der Waals surface area contributed by atoms with Gasteiger partial charge in [-0.05, 0) is 25.3 Å². The largest absolute Gasteiger partial charge is 0.463 e. The van der Waals surface area contributed by atoms with E-state index in [4.69, 9.17) is 9.57 Å². The first-order chi connectivity index (χ1) is 12.5. The summed E-state index contributed by atoms with van der Waals surface area (Å²) in [6.07, 6.45) is 1.10. The molecule has 0 radical (unpaired) electrons. The molecule has 0 fully saturated rings. The zero-order valence-electron chi connectivity index (χ0n) is 15.0. The molecular weight excluding hydrogens is 336 g/mol. The van der Waals surface area contributed by atoms with E-state index in [1.54, 1.807) is 13.8 Å². The number of aryl methyl sites for hydroxylation is 1. The van der Waals surface area contributed by atoms with Gasteiger partial charge in [-0.2, -0.15) is 0 Å². The van der Waals surface area contributed by atoms with Gasteiger partial charge in [-0.1, -0.05) is 42.4 Å². The van der Waals surface area contributed by atoms with Gasteiger partial charge in [-0.25, -0.2) is 4.79 Å². The van der Waals surface area contributed by atoms with Crippen molar-refractivity contribution in [2.75, 3.05) is 6.61 Å². The summed E-state index contributed by atoms with van der Waals surface area (Å²) in [5, 5.41) is 6.53. The van der Waals surface area contributed by atoms with E-state index >= 15 is 0 Å². The predicted octanol–water partition coefficient (Wildman–Crippen LogP) is 1.65. The third kappa shape index (κ3) is 5.40. The van der Waals surface area contributed by atoms with Crippen LogP contribution in [-0.2, 0) is 30.4 Å². The normalized spacial score (nSPS) is 19.8. The maximum atomic E-state index is 12.2. The second-order valence-corrected chi connectivity index (χ2v) is 6.16. The lowest BCUT2D eigenvalue weighted by molar-refractivity contribution is -0.156. The van der Waals surface area contributed by atoms with Crippen LogP contribution >= 0.6 is 0 Å². The van der Waals surface area contributed by atoms with Crippen LogP contribution < -0.4 is 5.32 Å². The lowest BCUT2D eigenvalue weighted by Gasteiger charge is -2.15. The number of nitrogens with zero attached hydrogens (tertiary/aromatic N) is 1. The highest BCUT2D eigenvalue weighted by molar-refractivity contribution is 6.04. The molecule has 3 atom stereocenters. The van der Waals surface area contributed by atoms with Crippen LogP contribution in [0.4, 0.5) is 0 Å². The highest BCUT2D eigenvalue weighted by Gasteiger charge is 2.38. The Balaban J connectivity index is 1.81. The SMILES string of the molecule is CCOC(=O)C1ON=C(CC(=O)N[C@H](C=O)CCc2ccccc2)C1C. The van der Waals surface area contributed by atoms with Crippen molar-refractivity contribution >= 4 is 23.9 Å². The first-order valence-electron chi connectivity index (χ1n) is 8.73. The second-order valence-electron chi connectivity index (χ2n) is 6.16. The average molecular weight is 360 g/mol. The molecule has 1 aliphatic heterocycles. The number of rotatable bonds is 9. The molecule has 0 bridgehead atoms. The molecule has 2 unspecified atom stereocenters. The molecule has 1 amide bonds. The van der Waals surface area contributed by atoms with Gasteiger partial charge in [-0.3, -0.25) is 4.79 Å². The van der Waals surface area contributed by atoms with Crippen molar-refractivity contribution in [3.63, 3.8) is 0 Å². The number of aldehydes is 1. The molecule has 2 rings (SSSR count). The van der Waals surface area contributed by atoms with Crippen molar-refractivity contribution in [3.05, 3.63) is 35.9 Å².